The van der Waals surface area contributed by atoms with Gasteiger partial charge >= 0.3 is 0 Å². The zero-order valence-electron chi connectivity index (χ0n) is 13.5. The van der Waals surface area contributed by atoms with Crippen LogP contribution in [0.4, 0.5) is 5.69 Å². The molecule has 1 saturated heterocycles. The molecule has 5 nitrogen and oxygen atoms in total. The van der Waals surface area contributed by atoms with Gasteiger partial charge in [0, 0.05) is 10.7 Å². The highest BCUT2D eigenvalue weighted by molar-refractivity contribution is 6.32. The predicted octanol–water partition coefficient (Wildman–Crippen LogP) is 3.74. The quantitative estimate of drug-likeness (QED) is 0.805. The first-order chi connectivity index (χ1) is 12.0. The van der Waals surface area contributed by atoms with Gasteiger partial charge in [-0.25, -0.2) is 0 Å². The second-order valence-electron chi connectivity index (χ2n) is 5.69. The van der Waals surface area contributed by atoms with E-state index >= 15 is 0 Å². The van der Waals surface area contributed by atoms with Crippen molar-refractivity contribution in [3.05, 3.63) is 58.1 Å². The Morgan fingerprint density at radius 2 is 1.88 bits per heavy atom. The van der Waals surface area contributed by atoms with Crippen molar-refractivity contribution in [2.75, 3.05) is 12.4 Å². The van der Waals surface area contributed by atoms with Gasteiger partial charge in [-0.15, -0.1) is 0 Å². The number of nitrogens with one attached hydrogen (secondary N) is 1. The molecule has 0 aliphatic carbocycles. The number of nitrogens with zero attached hydrogens (tertiary/aromatic N) is 1. The zero-order valence-corrected chi connectivity index (χ0v) is 15.0. The Hall–Kier alpha value is -2.24. The van der Waals surface area contributed by atoms with Gasteiger partial charge in [0.1, 0.15) is 11.8 Å². The Morgan fingerprint density at radius 1 is 1.16 bits per heavy atom. The third-order valence-electron chi connectivity index (χ3n) is 3.99. The van der Waals surface area contributed by atoms with Crippen LogP contribution in [0.3, 0.4) is 0 Å². The van der Waals surface area contributed by atoms with Crippen molar-refractivity contribution in [1.29, 1.82) is 0 Å². The van der Waals surface area contributed by atoms with E-state index < -0.39 is 6.04 Å². The molecule has 1 fully saturated rings. The molecule has 7 heteroatoms. The number of likely N-dealkylation sites (tertiary alicyclic amines) is 1. The Balaban J connectivity index is 1.70. The summed E-state index contributed by atoms with van der Waals surface area (Å²) in [6, 6.07) is 11.6. The fraction of sp³-hybridized carbons (Fsp3) is 0.222. The van der Waals surface area contributed by atoms with E-state index in [0.29, 0.717) is 21.5 Å². The molecule has 1 heterocycles. The zero-order chi connectivity index (χ0) is 18.0. The smallest absolute Gasteiger partial charge is 0.252 e. The van der Waals surface area contributed by atoms with Gasteiger partial charge in [0.05, 0.1) is 25.1 Å². The predicted molar refractivity (Wildman–Crippen MR) is 97.0 cm³/mol. The van der Waals surface area contributed by atoms with E-state index in [4.69, 9.17) is 27.9 Å². The number of hydrogen-bond donors (Lipinski definition) is 1. The molecule has 0 saturated carbocycles. The molecule has 0 unspecified atom stereocenters. The summed E-state index contributed by atoms with van der Waals surface area (Å²) >= 11 is 11.9. The molecule has 3 rings (SSSR count). The maximum atomic E-state index is 12.6. The number of methoxy groups -OCH3 is 1. The lowest BCUT2D eigenvalue weighted by atomic mass is 10.2. The lowest BCUT2D eigenvalue weighted by Gasteiger charge is -2.16. The summed E-state index contributed by atoms with van der Waals surface area (Å²) in [6.45, 7) is 0.233. The van der Waals surface area contributed by atoms with E-state index in [1.165, 1.54) is 12.0 Å². The van der Waals surface area contributed by atoms with Crippen molar-refractivity contribution in [3.63, 3.8) is 0 Å². The third kappa shape index (κ3) is 3.89. The molecular weight excluding hydrogens is 363 g/mol. The fourth-order valence-corrected chi connectivity index (χ4v) is 3.08. The van der Waals surface area contributed by atoms with Crippen LogP contribution in [0.2, 0.25) is 10.0 Å². The minimum Gasteiger partial charge on any atom is -0.495 e. The van der Waals surface area contributed by atoms with E-state index in [-0.39, 0.29) is 24.8 Å². The Bertz CT molecular complexity index is 808. The number of rotatable bonds is 5. The Morgan fingerprint density at radius 3 is 2.52 bits per heavy atom. The molecule has 2 amide bonds. The fourth-order valence-electron chi connectivity index (χ4n) is 2.69. The van der Waals surface area contributed by atoms with Crippen molar-refractivity contribution >= 4 is 40.7 Å². The standard InChI is InChI=1S/C18H16Cl2N2O3/c1-25-16-7-6-13(8-14(16)20)21-15-9-17(23)22(18(15)24)10-11-2-4-12(19)5-3-11/h2-8,15,21H,9-10H2,1H3/t15-/m1/s1. The molecule has 2 aromatic rings. The van der Waals surface area contributed by atoms with Crippen molar-refractivity contribution in [3.8, 4) is 5.75 Å². The highest BCUT2D eigenvalue weighted by Crippen LogP contribution is 2.29. The third-order valence-corrected chi connectivity index (χ3v) is 4.54. The number of hydrogen-bond acceptors (Lipinski definition) is 4. The topological polar surface area (TPSA) is 58.6 Å². The lowest BCUT2D eigenvalue weighted by Crippen LogP contribution is -2.34. The largest absolute Gasteiger partial charge is 0.495 e. The highest BCUT2D eigenvalue weighted by Gasteiger charge is 2.38. The van der Waals surface area contributed by atoms with Gasteiger partial charge in [-0.3, -0.25) is 14.5 Å². The number of halogens is 2. The van der Waals surface area contributed by atoms with E-state index in [0.717, 1.165) is 5.56 Å². The average Bonchev–Trinajstić information content (AvgIpc) is 2.84. The Labute approximate surface area is 155 Å². The number of ether oxygens (including phenoxy) is 1. The summed E-state index contributed by atoms with van der Waals surface area (Å²) in [5, 5.41) is 4.11. The van der Waals surface area contributed by atoms with Crippen molar-refractivity contribution < 1.29 is 14.3 Å². The second kappa shape index (κ2) is 7.33. The molecule has 1 aliphatic rings. The summed E-state index contributed by atoms with van der Waals surface area (Å²) in [7, 11) is 1.53. The van der Waals surface area contributed by atoms with Crippen molar-refractivity contribution in [2.24, 2.45) is 0 Å². The van der Waals surface area contributed by atoms with Crippen LogP contribution >= 0.6 is 23.2 Å². The minimum absolute atomic E-state index is 0.107. The monoisotopic (exact) mass is 378 g/mol. The van der Waals surface area contributed by atoms with Crippen LogP contribution in [-0.4, -0.2) is 29.9 Å². The van der Waals surface area contributed by atoms with E-state index in [2.05, 4.69) is 5.32 Å². The number of carbonyl (C=O) groups excluding carboxylic acids is 2. The van der Waals surface area contributed by atoms with E-state index in [1.54, 1.807) is 42.5 Å². The molecule has 0 radical (unpaired) electrons. The van der Waals surface area contributed by atoms with E-state index in [1.807, 2.05) is 0 Å². The van der Waals surface area contributed by atoms with Gasteiger partial charge in [-0.1, -0.05) is 35.3 Å². The van der Waals surface area contributed by atoms with Crippen LogP contribution in [0, 0.1) is 0 Å². The normalized spacial score (nSPS) is 17.1. The molecule has 25 heavy (non-hydrogen) atoms. The van der Waals surface area contributed by atoms with Crippen LogP contribution in [0.5, 0.6) is 5.75 Å². The van der Waals surface area contributed by atoms with Gasteiger partial charge in [-0.2, -0.15) is 0 Å². The maximum Gasteiger partial charge on any atom is 0.252 e. The first-order valence-corrected chi connectivity index (χ1v) is 8.42. The second-order valence-corrected chi connectivity index (χ2v) is 6.54. The SMILES string of the molecule is COc1ccc(N[C@@H]2CC(=O)N(Cc3ccc(Cl)cc3)C2=O)cc1Cl. The molecule has 2 aromatic carbocycles. The minimum atomic E-state index is -0.607. The maximum absolute atomic E-state index is 12.6. The Kier molecular flexibility index (Phi) is 5.16. The van der Waals surface area contributed by atoms with Crippen LogP contribution in [0.1, 0.15) is 12.0 Å². The molecule has 0 spiro atoms. The summed E-state index contributed by atoms with van der Waals surface area (Å²) in [5.74, 6) is 0.0781. The summed E-state index contributed by atoms with van der Waals surface area (Å²) in [4.78, 5) is 26.0. The number of benzene rings is 2. The summed E-state index contributed by atoms with van der Waals surface area (Å²) in [5.41, 5.74) is 1.50. The average molecular weight is 379 g/mol. The molecule has 130 valence electrons. The van der Waals surface area contributed by atoms with Gasteiger partial charge in [0.25, 0.3) is 5.91 Å². The van der Waals surface area contributed by atoms with Gasteiger partial charge in [0.15, 0.2) is 0 Å². The van der Waals surface area contributed by atoms with Gasteiger partial charge in [-0.05, 0) is 35.9 Å². The van der Waals surface area contributed by atoms with Crippen molar-refractivity contribution in [1.82, 2.24) is 4.90 Å². The first-order valence-electron chi connectivity index (χ1n) is 7.66. The molecule has 0 aromatic heterocycles. The molecular formula is C18H16Cl2N2O3. The number of carbonyl (C=O) groups is 2. The molecule has 0 bridgehead atoms. The number of amides is 2. The highest BCUT2D eigenvalue weighted by atomic mass is 35.5. The summed E-state index contributed by atoms with van der Waals surface area (Å²) < 4.78 is 5.10. The van der Waals surface area contributed by atoms with E-state index in [9.17, 15) is 9.59 Å². The molecule has 1 atom stereocenters. The van der Waals surface area contributed by atoms with Gasteiger partial charge < -0.3 is 10.1 Å². The molecule has 1 aliphatic heterocycles. The molecule has 1 N–H and O–H groups in total. The van der Waals surface area contributed by atoms with Crippen LogP contribution in [0.15, 0.2) is 42.5 Å². The first kappa shape index (κ1) is 17.6. The number of imide groups is 1. The number of anilines is 1. The van der Waals surface area contributed by atoms with Crippen molar-refractivity contribution in [2.45, 2.75) is 19.0 Å². The van der Waals surface area contributed by atoms with Gasteiger partial charge in [0.2, 0.25) is 5.91 Å². The summed E-state index contributed by atoms with van der Waals surface area (Å²) in [6.07, 6.45) is 0.107. The van der Waals surface area contributed by atoms with Crippen LogP contribution < -0.4 is 10.1 Å². The van der Waals surface area contributed by atoms with Crippen LogP contribution in [0.25, 0.3) is 0 Å². The lowest BCUT2D eigenvalue weighted by molar-refractivity contribution is -0.139. The van der Waals surface area contributed by atoms with Crippen LogP contribution in [-0.2, 0) is 16.1 Å².